The van der Waals surface area contributed by atoms with Gasteiger partial charge >= 0.3 is 0 Å². The normalized spacial score (nSPS) is 12.6. The molecule has 114 valence electrons. The summed E-state index contributed by atoms with van der Waals surface area (Å²) >= 11 is 13.5. The van der Waals surface area contributed by atoms with E-state index in [-0.39, 0.29) is 6.04 Å². The van der Waals surface area contributed by atoms with E-state index in [4.69, 9.17) is 23.2 Å². The molecule has 21 heavy (non-hydrogen) atoms. The molecule has 0 aliphatic rings. The topological polar surface area (TPSA) is 12.0 Å². The zero-order chi connectivity index (χ0) is 15.4. The van der Waals surface area contributed by atoms with Crippen LogP contribution in [-0.4, -0.2) is 6.54 Å². The Labute approximate surface area is 136 Å². The molecule has 2 rings (SSSR count). The van der Waals surface area contributed by atoms with Gasteiger partial charge in [-0.15, -0.1) is 11.3 Å². The van der Waals surface area contributed by atoms with Crippen LogP contribution in [0.5, 0.6) is 0 Å². The molecule has 0 saturated heterocycles. The Morgan fingerprint density at radius 3 is 2.57 bits per heavy atom. The number of hydrogen-bond donors (Lipinski definition) is 1. The van der Waals surface area contributed by atoms with Gasteiger partial charge in [-0.25, -0.2) is 8.78 Å². The molecule has 0 aliphatic carbocycles. The number of thiophene rings is 1. The van der Waals surface area contributed by atoms with Crippen LogP contribution >= 0.6 is 34.5 Å². The molecule has 0 spiro atoms. The summed E-state index contributed by atoms with van der Waals surface area (Å²) in [5, 5.41) is 3.33. The summed E-state index contributed by atoms with van der Waals surface area (Å²) in [6.07, 6.45) is 1.33. The first-order chi connectivity index (χ1) is 10.0. The molecule has 1 aromatic heterocycles. The molecule has 1 atom stereocenters. The van der Waals surface area contributed by atoms with Crippen molar-refractivity contribution in [3.05, 3.63) is 55.7 Å². The summed E-state index contributed by atoms with van der Waals surface area (Å²) in [6, 6.07) is 5.27. The predicted molar refractivity (Wildman–Crippen MR) is 85.4 cm³/mol. The average molecular weight is 350 g/mol. The summed E-state index contributed by atoms with van der Waals surface area (Å²) < 4.78 is 28.0. The highest BCUT2D eigenvalue weighted by atomic mass is 35.5. The Kier molecular flexibility index (Phi) is 5.99. The third-order valence-electron chi connectivity index (χ3n) is 3.14. The molecule has 0 radical (unpaired) electrons. The third-order valence-corrected chi connectivity index (χ3v) is 4.66. The second-order valence-corrected chi connectivity index (χ2v) is 7.01. The minimum atomic E-state index is -0.578. The molecule has 2 aromatic rings. The number of hydrogen-bond acceptors (Lipinski definition) is 2. The Morgan fingerprint density at radius 1 is 1.24 bits per heavy atom. The number of benzene rings is 1. The second-order valence-electron chi connectivity index (χ2n) is 4.73. The van der Waals surface area contributed by atoms with E-state index in [1.165, 1.54) is 23.5 Å². The van der Waals surface area contributed by atoms with E-state index in [0.29, 0.717) is 20.7 Å². The molecule has 0 bridgehead atoms. The van der Waals surface area contributed by atoms with Gasteiger partial charge in [-0.3, -0.25) is 0 Å². The van der Waals surface area contributed by atoms with E-state index in [9.17, 15) is 8.78 Å². The third kappa shape index (κ3) is 4.39. The highest BCUT2D eigenvalue weighted by Gasteiger charge is 2.19. The first-order valence-electron chi connectivity index (χ1n) is 6.63. The number of rotatable bonds is 6. The lowest BCUT2D eigenvalue weighted by molar-refractivity contribution is 0.509. The summed E-state index contributed by atoms with van der Waals surface area (Å²) in [7, 11) is 0. The summed E-state index contributed by atoms with van der Waals surface area (Å²) in [5.41, 5.74) is 1.30. The lowest BCUT2D eigenvalue weighted by Gasteiger charge is -2.18. The molecule has 0 fully saturated rings. The maximum Gasteiger partial charge on any atom is 0.129 e. The Bertz CT molecular complexity index is 616. The standard InChI is InChI=1S/C15H15Cl2F2NS/c1-2-5-20-13(11-8-14(16)21-15(11)17)6-9-3-4-10(18)7-12(9)19/h3-4,7-8,13,20H,2,5-6H2,1H3. The van der Waals surface area contributed by atoms with E-state index in [1.54, 1.807) is 6.07 Å². The van der Waals surface area contributed by atoms with Crippen molar-refractivity contribution in [3.63, 3.8) is 0 Å². The van der Waals surface area contributed by atoms with Crippen LogP contribution in [0.3, 0.4) is 0 Å². The fourth-order valence-corrected chi connectivity index (χ4v) is 3.69. The van der Waals surface area contributed by atoms with Gasteiger partial charge in [0.05, 0.1) is 8.67 Å². The second kappa shape index (κ2) is 7.54. The molecule has 1 N–H and O–H groups in total. The molecule has 0 aliphatic heterocycles. The van der Waals surface area contributed by atoms with E-state index in [0.717, 1.165) is 24.6 Å². The Balaban J connectivity index is 2.26. The molecular weight excluding hydrogens is 335 g/mol. The highest BCUT2D eigenvalue weighted by Crippen LogP contribution is 2.36. The van der Waals surface area contributed by atoms with Crippen molar-refractivity contribution in [2.24, 2.45) is 0 Å². The van der Waals surface area contributed by atoms with E-state index < -0.39 is 11.6 Å². The largest absolute Gasteiger partial charge is 0.310 e. The average Bonchev–Trinajstić information content (AvgIpc) is 2.76. The van der Waals surface area contributed by atoms with Crippen molar-refractivity contribution in [2.45, 2.75) is 25.8 Å². The first-order valence-corrected chi connectivity index (χ1v) is 8.20. The first kappa shape index (κ1) is 16.7. The molecule has 0 saturated carbocycles. The lowest BCUT2D eigenvalue weighted by Crippen LogP contribution is -2.24. The van der Waals surface area contributed by atoms with Crippen molar-refractivity contribution >= 4 is 34.5 Å². The van der Waals surface area contributed by atoms with Crippen molar-refractivity contribution < 1.29 is 8.78 Å². The minimum Gasteiger partial charge on any atom is -0.310 e. The predicted octanol–water partition coefficient (Wildman–Crippen LogP) is 5.62. The molecule has 1 heterocycles. The zero-order valence-corrected chi connectivity index (χ0v) is 13.8. The van der Waals surface area contributed by atoms with E-state index in [2.05, 4.69) is 5.32 Å². The van der Waals surface area contributed by atoms with Gasteiger partial charge in [0.15, 0.2) is 0 Å². The van der Waals surface area contributed by atoms with Crippen molar-refractivity contribution in [3.8, 4) is 0 Å². The quantitative estimate of drug-likeness (QED) is 0.713. The van der Waals surface area contributed by atoms with Gasteiger partial charge in [0.2, 0.25) is 0 Å². The van der Waals surface area contributed by atoms with Gasteiger partial charge in [0.25, 0.3) is 0 Å². The molecule has 1 nitrogen and oxygen atoms in total. The van der Waals surface area contributed by atoms with Crippen molar-refractivity contribution in [1.29, 1.82) is 0 Å². The van der Waals surface area contributed by atoms with Crippen LogP contribution < -0.4 is 5.32 Å². The molecule has 0 amide bonds. The maximum atomic E-state index is 13.8. The maximum absolute atomic E-state index is 13.8. The van der Waals surface area contributed by atoms with Crippen LogP contribution in [0, 0.1) is 11.6 Å². The van der Waals surface area contributed by atoms with Crippen LogP contribution in [0.25, 0.3) is 0 Å². The summed E-state index contributed by atoms with van der Waals surface area (Å²) in [5.74, 6) is -1.12. The smallest absolute Gasteiger partial charge is 0.129 e. The Hall–Kier alpha value is -0.680. The van der Waals surface area contributed by atoms with Crippen LogP contribution in [0.2, 0.25) is 8.67 Å². The van der Waals surface area contributed by atoms with Crippen LogP contribution in [0.1, 0.15) is 30.5 Å². The molecule has 1 unspecified atom stereocenters. The van der Waals surface area contributed by atoms with Crippen molar-refractivity contribution in [1.82, 2.24) is 5.32 Å². The summed E-state index contributed by atoms with van der Waals surface area (Å²) in [4.78, 5) is 0. The van der Waals surface area contributed by atoms with Gasteiger partial charge in [-0.2, -0.15) is 0 Å². The fraction of sp³-hybridized carbons (Fsp3) is 0.333. The van der Waals surface area contributed by atoms with Gasteiger partial charge in [-0.05, 0) is 37.1 Å². The number of halogens is 4. The van der Waals surface area contributed by atoms with Crippen LogP contribution in [0.15, 0.2) is 24.3 Å². The molecule has 6 heteroatoms. The monoisotopic (exact) mass is 349 g/mol. The minimum absolute atomic E-state index is 0.152. The summed E-state index contributed by atoms with van der Waals surface area (Å²) in [6.45, 7) is 2.82. The van der Waals surface area contributed by atoms with Gasteiger partial charge in [0, 0.05) is 17.7 Å². The van der Waals surface area contributed by atoms with Gasteiger partial charge in [-0.1, -0.05) is 36.2 Å². The van der Waals surface area contributed by atoms with Crippen LogP contribution in [0.4, 0.5) is 8.78 Å². The van der Waals surface area contributed by atoms with Gasteiger partial charge in [0.1, 0.15) is 11.6 Å². The number of nitrogens with one attached hydrogen (secondary N) is 1. The fourth-order valence-electron chi connectivity index (χ4n) is 2.11. The highest BCUT2D eigenvalue weighted by molar-refractivity contribution is 7.20. The van der Waals surface area contributed by atoms with E-state index in [1.807, 2.05) is 6.92 Å². The molecular formula is C15H15Cl2F2NS. The zero-order valence-electron chi connectivity index (χ0n) is 11.4. The van der Waals surface area contributed by atoms with E-state index >= 15 is 0 Å². The SMILES string of the molecule is CCCNC(Cc1ccc(F)cc1F)c1cc(Cl)sc1Cl. The van der Waals surface area contributed by atoms with Crippen LogP contribution in [-0.2, 0) is 6.42 Å². The lowest BCUT2D eigenvalue weighted by atomic mass is 10.0. The molecule has 1 aromatic carbocycles. The van der Waals surface area contributed by atoms with Crippen molar-refractivity contribution in [2.75, 3.05) is 6.54 Å². The van der Waals surface area contributed by atoms with Gasteiger partial charge < -0.3 is 5.32 Å². The Morgan fingerprint density at radius 2 is 2.00 bits per heavy atom.